The predicted molar refractivity (Wildman–Crippen MR) is 105 cm³/mol. The van der Waals surface area contributed by atoms with Crippen LogP contribution in [-0.4, -0.2) is 49.7 Å². The minimum Gasteiger partial charge on any atom is -0.489 e. The highest BCUT2D eigenvalue weighted by molar-refractivity contribution is 7.80. The molecule has 0 aliphatic rings. The standard InChI is InChI=1S/C17H25ClN2O5S/c1-17(2,3)25-15(21)11-23-7-6-22-8-9-24-14-5-4-12(18)10-13(14)20-16(19)26/h4-5,10H,6-9,11H2,1-3H3,(H3,19,20,26). The number of benzene rings is 1. The summed E-state index contributed by atoms with van der Waals surface area (Å²) < 4.78 is 21.3. The largest absolute Gasteiger partial charge is 0.489 e. The van der Waals surface area contributed by atoms with Gasteiger partial charge in [0.2, 0.25) is 0 Å². The van der Waals surface area contributed by atoms with E-state index < -0.39 is 11.6 Å². The Bertz CT molecular complexity index is 607. The van der Waals surface area contributed by atoms with E-state index in [1.165, 1.54) is 0 Å². The summed E-state index contributed by atoms with van der Waals surface area (Å²) in [7, 11) is 0. The Balaban J connectivity index is 2.18. The molecule has 0 amide bonds. The van der Waals surface area contributed by atoms with Crippen molar-refractivity contribution in [2.24, 2.45) is 5.73 Å². The molecular formula is C17H25ClN2O5S. The van der Waals surface area contributed by atoms with Crippen molar-refractivity contribution in [1.82, 2.24) is 0 Å². The molecule has 0 saturated carbocycles. The molecule has 0 spiro atoms. The molecule has 26 heavy (non-hydrogen) atoms. The number of hydrogen-bond donors (Lipinski definition) is 2. The predicted octanol–water partition coefficient (Wildman–Crippen LogP) is 2.75. The molecule has 0 fully saturated rings. The van der Waals surface area contributed by atoms with E-state index in [9.17, 15) is 4.79 Å². The van der Waals surface area contributed by atoms with Crippen molar-refractivity contribution in [3.63, 3.8) is 0 Å². The van der Waals surface area contributed by atoms with Crippen LogP contribution < -0.4 is 15.8 Å². The number of carbonyl (C=O) groups is 1. The van der Waals surface area contributed by atoms with Crippen molar-refractivity contribution in [3.8, 4) is 5.75 Å². The molecule has 1 aromatic rings. The Morgan fingerprint density at radius 3 is 2.50 bits per heavy atom. The van der Waals surface area contributed by atoms with Crippen molar-refractivity contribution in [2.75, 3.05) is 38.4 Å². The van der Waals surface area contributed by atoms with Gasteiger partial charge in [-0.1, -0.05) is 11.6 Å². The van der Waals surface area contributed by atoms with Crippen molar-refractivity contribution < 1.29 is 23.7 Å². The van der Waals surface area contributed by atoms with Gasteiger partial charge in [-0.2, -0.15) is 0 Å². The van der Waals surface area contributed by atoms with Crippen LogP contribution in [0, 0.1) is 0 Å². The Kier molecular flexibility index (Phi) is 9.64. The number of nitrogens with one attached hydrogen (secondary N) is 1. The monoisotopic (exact) mass is 404 g/mol. The number of esters is 1. The fraction of sp³-hybridized carbons (Fsp3) is 0.529. The highest BCUT2D eigenvalue weighted by atomic mass is 35.5. The van der Waals surface area contributed by atoms with Gasteiger partial charge < -0.3 is 30.0 Å². The topological polar surface area (TPSA) is 92.0 Å². The maximum Gasteiger partial charge on any atom is 0.332 e. The summed E-state index contributed by atoms with van der Waals surface area (Å²) in [5.74, 6) is 0.161. The van der Waals surface area contributed by atoms with E-state index in [-0.39, 0.29) is 18.3 Å². The van der Waals surface area contributed by atoms with Gasteiger partial charge in [-0.25, -0.2) is 4.79 Å². The van der Waals surface area contributed by atoms with Crippen LogP contribution in [0.25, 0.3) is 0 Å². The molecule has 0 aliphatic carbocycles. The molecule has 0 heterocycles. The lowest BCUT2D eigenvalue weighted by Crippen LogP contribution is -2.27. The van der Waals surface area contributed by atoms with Crippen LogP contribution in [0.1, 0.15) is 20.8 Å². The van der Waals surface area contributed by atoms with Crippen molar-refractivity contribution in [3.05, 3.63) is 23.2 Å². The maximum absolute atomic E-state index is 11.4. The van der Waals surface area contributed by atoms with Gasteiger partial charge in [-0.15, -0.1) is 0 Å². The zero-order valence-electron chi connectivity index (χ0n) is 15.2. The lowest BCUT2D eigenvalue weighted by atomic mass is 10.2. The molecule has 0 aromatic heterocycles. The van der Waals surface area contributed by atoms with Gasteiger partial charge in [0.15, 0.2) is 5.11 Å². The van der Waals surface area contributed by atoms with E-state index in [4.69, 9.17) is 48.5 Å². The molecule has 0 radical (unpaired) electrons. The van der Waals surface area contributed by atoms with E-state index in [1.54, 1.807) is 39.0 Å². The Hall–Kier alpha value is -1.61. The number of anilines is 1. The number of carbonyl (C=O) groups excluding carboxylic acids is 1. The van der Waals surface area contributed by atoms with Gasteiger partial charge in [0, 0.05) is 5.02 Å². The van der Waals surface area contributed by atoms with E-state index in [1.807, 2.05) is 0 Å². The SMILES string of the molecule is CC(C)(C)OC(=O)COCCOCCOc1ccc(Cl)cc1NC(N)=S. The van der Waals surface area contributed by atoms with Crippen LogP contribution >= 0.6 is 23.8 Å². The molecule has 0 bridgehead atoms. The summed E-state index contributed by atoms with van der Waals surface area (Å²) >= 11 is 10.8. The third-order valence-corrected chi connectivity index (χ3v) is 3.03. The average molecular weight is 405 g/mol. The summed E-state index contributed by atoms with van der Waals surface area (Å²) in [6, 6.07) is 5.08. The first kappa shape index (κ1) is 22.4. The quantitative estimate of drug-likeness (QED) is 0.349. The first-order valence-electron chi connectivity index (χ1n) is 8.03. The van der Waals surface area contributed by atoms with Crippen molar-refractivity contribution in [2.45, 2.75) is 26.4 Å². The smallest absolute Gasteiger partial charge is 0.332 e. The Morgan fingerprint density at radius 2 is 1.85 bits per heavy atom. The van der Waals surface area contributed by atoms with Gasteiger partial charge >= 0.3 is 5.97 Å². The molecular weight excluding hydrogens is 380 g/mol. The second kappa shape index (κ2) is 11.2. The normalized spacial score (nSPS) is 11.1. The molecule has 146 valence electrons. The summed E-state index contributed by atoms with van der Waals surface area (Å²) in [6.07, 6.45) is 0. The molecule has 1 aromatic carbocycles. The summed E-state index contributed by atoms with van der Waals surface area (Å²) in [5, 5.41) is 3.46. The first-order valence-corrected chi connectivity index (χ1v) is 8.82. The number of hydrogen-bond acceptors (Lipinski definition) is 6. The highest BCUT2D eigenvalue weighted by Gasteiger charge is 2.15. The van der Waals surface area contributed by atoms with Gasteiger partial charge in [0.25, 0.3) is 0 Å². The number of rotatable bonds is 10. The second-order valence-electron chi connectivity index (χ2n) is 6.23. The molecule has 0 saturated heterocycles. The van der Waals surface area contributed by atoms with Crippen LogP contribution in [0.4, 0.5) is 5.69 Å². The molecule has 9 heteroatoms. The maximum atomic E-state index is 11.4. The zero-order valence-corrected chi connectivity index (χ0v) is 16.7. The van der Waals surface area contributed by atoms with Crippen LogP contribution in [0.3, 0.4) is 0 Å². The van der Waals surface area contributed by atoms with Gasteiger partial charge in [0.05, 0.1) is 25.5 Å². The Labute approximate surface area is 164 Å². The number of thiocarbonyl (C=S) groups is 1. The third-order valence-electron chi connectivity index (χ3n) is 2.70. The summed E-state index contributed by atoms with van der Waals surface area (Å²) in [5.41, 5.74) is 5.54. The lowest BCUT2D eigenvalue weighted by Gasteiger charge is -2.19. The average Bonchev–Trinajstić information content (AvgIpc) is 2.49. The number of ether oxygens (including phenoxy) is 4. The van der Waals surface area contributed by atoms with E-state index in [2.05, 4.69) is 5.32 Å². The lowest BCUT2D eigenvalue weighted by molar-refractivity contribution is -0.160. The van der Waals surface area contributed by atoms with Crippen LogP contribution in [0.5, 0.6) is 5.75 Å². The molecule has 7 nitrogen and oxygen atoms in total. The van der Waals surface area contributed by atoms with E-state index in [0.29, 0.717) is 36.3 Å². The van der Waals surface area contributed by atoms with Gasteiger partial charge in [0.1, 0.15) is 24.6 Å². The van der Waals surface area contributed by atoms with Crippen LogP contribution in [0.15, 0.2) is 18.2 Å². The van der Waals surface area contributed by atoms with Crippen molar-refractivity contribution >= 4 is 40.6 Å². The second-order valence-corrected chi connectivity index (χ2v) is 7.11. The third kappa shape index (κ3) is 10.4. The number of halogens is 1. The summed E-state index contributed by atoms with van der Waals surface area (Å²) in [6.45, 7) is 6.60. The molecule has 0 atom stereocenters. The minimum atomic E-state index is -0.517. The molecule has 1 rings (SSSR count). The van der Waals surface area contributed by atoms with Crippen molar-refractivity contribution in [1.29, 1.82) is 0 Å². The Morgan fingerprint density at radius 1 is 1.19 bits per heavy atom. The minimum absolute atomic E-state index is 0.101. The van der Waals surface area contributed by atoms with Gasteiger partial charge in [-0.3, -0.25) is 0 Å². The highest BCUT2D eigenvalue weighted by Crippen LogP contribution is 2.27. The van der Waals surface area contributed by atoms with Crippen LogP contribution in [-0.2, 0) is 19.0 Å². The van der Waals surface area contributed by atoms with Gasteiger partial charge in [-0.05, 0) is 51.2 Å². The van der Waals surface area contributed by atoms with E-state index in [0.717, 1.165) is 0 Å². The first-order chi connectivity index (χ1) is 12.2. The summed E-state index contributed by atoms with van der Waals surface area (Å²) in [4.78, 5) is 11.4. The van der Waals surface area contributed by atoms with Crippen LogP contribution in [0.2, 0.25) is 5.02 Å². The molecule has 3 N–H and O–H groups in total. The fourth-order valence-electron chi connectivity index (χ4n) is 1.82. The number of nitrogens with two attached hydrogens (primary N) is 1. The molecule has 0 unspecified atom stereocenters. The fourth-order valence-corrected chi connectivity index (χ4v) is 2.10. The molecule has 0 aliphatic heterocycles. The zero-order chi connectivity index (χ0) is 19.6. The van der Waals surface area contributed by atoms with E-state index >= 15 is 0 Å².